The van der Waals surface area contributed by atoms with Gasteiger partial charge in [0, 0.05) is 55.8 Å². The third kappa shape index (κ3) is 4.03. The molecule has 0 spiro atoms. The van der Waals surface area contributed by atoms with E-state index in [0.29, 0.717) is 19.6 Å². The van der Waals surface area contributed by atoms with Crippen LogP contribution >= 0.6 is 11.6 Å². The van der Waals surface area contributed by atoms with E-state index in [1.165, 1.54) is 6.07 Å². The van der Waals surface area contributed by atoms with Crippen LogP contribution in [0.25, 0.3) is 0 Å². The third-order valence-corrected chi connectivity index (χ3v) is 5.97. The van der Waals surface area contributed by atoms with Crippen molar-refractivity contribution in [3.05, 3.63) is 74.8 Å². The zero-order valence-electron chi connectivity index (χ0n) is 15.5. The Balaban J connectivity index is 1.30. The van der Waals surface area contributed by atoms with Crippen LogP contribution in [0.1, 0.15) is 23.5 Å². The lowest BCUT2D eigenvalue weighted by atomic mass is 10.1. The minimum atomic E-state index is -0.370. The Hall–Kier alpha value is -2.44. The number of halogens is 1. The molecule has 1 saturated heterocycles. The quantitative estimate of drug-likeness (QED) is 0.568. The van der Waals surface area contributed by atoms with Crippen molar-refractivity contribution >= 4 is 23.2 Å². The van der Waals surface area contributed by atoms with E-state index in [-0.39, 0.29) is 28.4 Å². The van der Waals surface area contributed by atoms with E-state index in [1.807, 2.05) is 35.2 Å². The van der Waals surface area contributed by atoms with Gasteiger partial charge in [0.2, 0.25) is 5.91 Å². The number of carbonyl (C=O) groups is 1. The van der Waals surface area contributed by atoms with Gasteiger partial charge in [0.25, 0.3) is 5.69 Å². The molecule has 1 aliphatic heterocycles. The van der Waals surface area contributed by atoms with E-state index >= 15 is 0 Å². The maximum absolute atomic E-state index is 12.8. The smallest absolute Gasteiger partial charge is 0.269 e. The lowest BCUT2D eigenvalue weighted by molar-refractivity contribution is -0.384. The van der Waals surface area contributed by atoms with Gasteiger partial charge < -0.3 is 4.90 Å². The molecular formula is C21H22ClN3O3. The summed E-state index contributed by atoms with van der Waals surface area (Å²) in [5.74, 6) is 0.507. The fraction of sp³-hybridized carbons (Fsp3) is 0.381. The van der Waals surface area contributed by atoms with Gasteiger partial charge in [-0.05, 0) is 29.5 Å². The van der Waals surface area contributed by atoms with Gasteiger partial charge in [0.1, 0.15) is 0 Å². The van der Waals surface area contributed by atoms with Crippen LogP contribution in [-0.4, -0.2) is 46.8 Å². The molecule has 146 valence electrons. The van der Waals surface area contributed by atoms with Crippen LogP contribution < -0.4 is 0 Å². The zero-order chi connectivity index (χ0) is 19.7. The molecule has 0 N–H and O–H groups in total. The topological polar surface area (TPSA) is 66.7 Å². The van der Waals surface area contributed by atoms with Crippen molar-refractivity contribution in [2.75, 3.05) is 26.2 Å². The van der Waals surface area contributed by atoms with Crippen molar-refractivity contribution in [2.45, 2.75) is 18.9 Å². The second-order valence-electron chi connectivity index (χ2n) is 7.50. The highest BCUT2D eigenvalue weighted by Crippen LogP contribution is 2.50. The lowest BCUT2D eigenvalue weighted by Gasteiger charge is -2.35. The van der Waals surface area contributed by atoms with Gasteiger partial charge in [-0.15, -0.1) is 0 Å². The standard InChI is InChI=1S/C21H22ClN3O3/c22-20-7-2-1-6-17(20)18-13-19(18)21(26)24-10-8-23(9-11-24)14-15-4-3-5-16(12-15)25(27)28/h1-7,12,18-19H,8-11,13-14H2. The summed E-state index contributed by atoms with van der Waals surface area (Å²) in [6, 6.07) is 14.5. The van der Waals surface area contributed by atoms with Gasteiger partial charge in [-0.3, -0.25) is 19.8 Å². The predicted molar refractivity (Wildman–Crippen MR) is 107 cm³/mol. The molecule has 1 heterocycles. The largest absolute Gasteiger partial charge is 0.340 e. The molecule has 1 saturated carbocycles. The number of nitrogens with zero attached hydrogens (tertiary/aromatic N) is 3. The molecule has 6 nitrogen and oxygen atoms in total. The lowest BCUT2D eigenvalue weighted by Crippen LogP contribution is -2.48. The summed E-state index contributed by atoms with van der Waals surface area (Å²) < 4.78 is 0. The number of amides is 1. The summed E-state index contributed by atoms with van der Waals surface area (Å²) >= 11 is 6.27. The number of rotatable bonds is 5. The van der Waals surface area contributed by atoms with Gasteiger partial charge in [-0.2, -0.15) is 0 Å². The minimum absolute atomic E-state index is 0.0447. The first-order chi connectivity index (χ1) is 13.5. The highest BCUT2D eigenvalue weighted by Gasteiger charge is 2.46. The van der Waals surface area contributed by atoms with Crippen LogP contribution in [0.3, 0.4) is 0 Å². The number of hydrogen-bond acceptors (Lipinski definition) is 4. The Bertz CT molecular complexity index is 896. The van der Waals surface area contributed by atoms with Crippen molar-refractivity contribution in [1.29, 1.82) is 0 Å². The summed E-state index contributed by atoms with van der Waals surface area (Å²) in [7, 11) is 0. The number of nitro benzene ring substituents is 1. The van der Waals surface area contributed by atoms with Crippen molar-refractivity contribution < 1.29 is 9.72 Å². The van der Waals surface area contributed by atoms with Crippen molar-refractivity contribution in [2.24, 2.45) is 5.92 Å². The molecule has 0 radical (unpaired) electrons. The fourth-order valence-electron chi connectivity index (χ4n) is 3.97. The van der Waals surface area contributed by atoms with Gasteiger partial charge in [0.15, 0.2) is 0 Å². The van der Waals surface area contributed by atoms with E-state index < -0.39 is 0 Å². The maximum atomic E-state index is 12.8. The number of benzene rings is 2. The summed E-state index contributed by atoms with van der Waals surface area (Å²) in [4.78, 5) is 27.6. The molecule has 2 aliphatic rings. The van der Waals surface area contributed by atoms with E-state index in [4.69, 9.17) is 11.6 Å². The summed E-state index contributed by atoms with van der Waals surface area (Å²) in [6.07, 6.45) is 0.871. The van der Waals surface area contributed by atoms with Crippen LogP contribution in [-0.2, 0) is 11.3 Å². The SMILES string of the molecule is O=C(C1CC1c1ccccc1Cl)N1CCN(Cc2cccc([N+](=O)[O-])c2)CC1. The second kappa shape index (κ2) is 7.89. The molecule has 1 aliphatic carbocycles. The molecular weight excluding hydrogens is 378 g/mol. The molecule has 0 aromatic heterocycles. The molecule has 7 heteroatoms. The van der Waals surface area contributed by atoms with Crippen LogP contribution in [0.4, 0.5) is 5.69 Å². The first-order valence-corrected chi connectivity index (χ1v) is 9.89. The van der Waals surface area contributed by atoms with Gasteiger partial charge >= 0.3 is 0 Å². The summed E-state index contributed by atoms with van der Waals surface area (Å²) in [6.45, 7) is 3.60. The Morgan fingerprint density at radius 3 is 2.57 bits per heavy atom. The summed E-state index contributed by atoms with van der Waals surface area (Å²) in [5.41, 5.74) is 2.12. The average Bonchev–Trinajstić information content (AvgIpc) is 3.49. The zero-order valence-corrected chi connectivity index (χ0v) is 16.2. The normalized spacial score (nSPS) is 22.1. The fourth-order valence-corrected chi connectivity index (χ4v) is 4.25. The van der Waals surface area contributed by atoms with Crippen LogP contribution in [0, 0.1) is 16.0 Å². The molecule has 0 bridgehead atoms. The first kappa shape index (κ1) is 18.9. The Morgan fingerprint density at radius 1 is 1.11 bits per heavy atom. The Kier molecular flexibility index (Phi) is 5.33. The molecule has 1 amide bonds. The van der Waals surface area contributed by atoms with Gasteiger partial charge in [0.05, 0.1) is 4.92 Å². The maximum Gasteiger partial charge on any atom is 0.269 e. The van der Waals surface area contributed by atoms with Crippen molar-refractivity contribution in [3.8, 4) is 0 Å². The molecule has 28 heavy (non-hydrogen) atoms. The number of non-ortho nitro benzene ring substituents is 1. The molecule has 2 aromatic carbocycles. The third-order valence-electron chi connectivity index (χ3n) is 5.62. The van der Waals surface area contributed by atoms with Crippen molar-refractivity contribution in [3.63, 3.8) is 0 Å². The van der Waals surface area contributed by atoms with E-state index in [1.54, 1.807) is 12.1 Å². The number of nitro groups is 1. The minimum Gasteiger partial charge on any atom is -0.340 e. The first-order valence-electron chi connectivity index (χ1n) is 9.52. The van der Waals surface area contributed by atoms with E-state index in [2.05, 4.69) is 4.90 Å². The van der Waals surface area contributed by atoms with Crippen LogP contribution in [0.2, 0.25) is 5.02 Å². The molecule has 2 unspecified atom stereocenters. The average molecular weight is 400 g/mol. The summed E-state index contributed by atoms with van der Waals surface area (Å²) in [5, 5.41) is 11.7. The van der Waals surface area contributed by atoms with Crippen molar-refractivity contribution in [1.82, 2.24) is 9.80 Å². The Morgan fingerprint density at radius 2 is 1.86 bits per heavy atom. The number of carbonyl (C=O) groups excluding carboxylic acids is 1. The highest BCUT2D eigenvalue weighted by molar-refractivity contribution is 6.31. The second-order valence-corrected chi connectivity index (χ2v) is 7.91. The van der Waals surface area contributed by atoms with Crippen LogP contribution in [0.5, 0.6) is 0 Å². The van der Waals surface area contributed by atoms with Gasteiger partial charge in [-0.1, -0.05) is 41.9 Å². The Labute approximate surface area is 168 Å². The predicted octanol–water partition coefficient (Wildman–Crippen LogP) is 3.70. The monoisotopic (exact) mass is 399 g/mol. The molecule has 2 aromatic rings. The molecule has 2 atom stereocenters. The molecule has 4 rings (SSSR count). The number of piperazine rings is 1. The van der Waals surface area contributed by atoms with Gasteiger partial charge in [-0.25, -0.2) is 0 Å². The highest BCUT2D eigenvalue weighted by atomic mass is 35.5. The molecule has 2 fully saturated rings. The van der Waals surface area contributed by atoms with Crippen LogP contribution in [0.15, 0.2) is 48.5 Å². The number of hydrogen-bond donors (Lipinski definition) is 0. The van der Waals surface area contributed by atoms with E-state index in [0.717, 1.165) is 35.7 Å². The van der Waals surface area contributed by atoms with E-state index in [9.17, 15) is 14.9 Å².